The molecule has 1 heterocycles. The zero-order valence-electron chi connectivity index (χ0n) is 8.88. The van der Waals surface area contributed by atoms with Crippen molar-refractivity contribution in [2.45, 2.75) is 13.0 Å². The minimum Gasteiger partial charge on any atom is -0.295 e. The number of rotatable bonds is 3. The molecular formula is C13H16ClN. The molecule has 0 aromatic heterocycles. The Bertz CT molecular complexity index is 359. The van der Waals surface area contributed by atoms with Gasteiger partial charge in [-0.15, -0.1) is 11.6 Å². The van der Waals surface area contributed by atoms with Gasteiger partial charge in [-0.25, -0.2) is 0 Å². The van der Waals surface area contributed by atoms with E-state index >= 15 is 0 Å². The first-order valence-electron chi connectivity index (χ1n) is 5.31. The van der Waals surface area contributed by atoms with Gasteiger partial charge < -0.3 is 0 Å². The standard InChI is InChI=1S/C13H16ClN/c1-11(8-14)9-15-7-6-12-4-2-3-5-13(12)10-15/h2-5H,1,6-10H2. The number of hydrogen-bond donors (Lipinski definition) is 0. The Hall–Kier alpha value is -0.790. The zero-order chi connectivity index (χ0) is 10.7. The second-order valence-electron chi connectivity index (χ2n) is 4.11. The van der Waals surface area contributed by atoms with E-state index in [1.165, 1.54) is 11.1 Å². The summed E-state index contributed by atoms with van der Waals surface area (Å²) >= 11 is 5.75. The van der Waals surface area contributed by atoms with Gasteiger partial charge in [0.15, 0.2) is 0 Å². The number of fused-ring (bicyclic) bond motifs is 1. The highest BCUT2D eigenvalue weighted by Gasteiger charge is 2.15. The van der Waals surface area contributed by atoms with Crippen LogP contribution < -0.4 is 0 Å². The van der Waals surface area contributed by atoms with E-state index in [0.29, 0.717) is 5.88 Å². The molecule has 0 spiro atoms. The van der Waals surface area contributed by atoms with Crippen molar-refractivity contribution in [1.29, 1.82) is 0 Å². The Balaban J connectivity index is 2.02. The van der Waals surface area contributed by atoms with E-state index in [1.54, 1.807) is 0 Å². The summed E-state index contributed by atoms with van der Waals surface area (Å²) in [4.78, 5) is 2.41. The quantitative estimate of drug-likeness (QED) is 0.561. The van der Waals surface area contributed by atoms with Gasteiger partial charge in [0.1, 0.15) is 0 Å². The topological polar surface area (TPSA) is 3.24 Å². The monoisotopic (exact) mass is 221 g/mol. The van der Waals surface area contributed by atoms with E-state index < -0.39 is 0 Å². The highest BCUT2D eigenvalue weighted by atomic mass is 35.5. The van der Waals surface area contributed by atoms with Gasteiger partial charge in [0, 0.05) is 25.5 Å². The van der Waals surface area contributed by atoms with Gasteiger partial charge in [-0.1, -0.05) is 30.8 Å². The molecule has 0 atom stereocenters. The smallest absolute Gasteiger partial charge is 0.0443 e. The lowest BCUT2D eigenvalue weighted by Gasteiger charge is -2.28. The molecule has 1 nitrogen and oxygen atoms in total. The zero-order valence-corrected chi connectivity index (χ0v) is 9.63. The fraction of sp³-hybridized carbons (Fsp3) is 0.385. The van der Waals surface area contributed by atoms with Crippen molar-refractivity contribution in [2.24, 2.45) is 0 Å². The van der Waals surface area contributed by atoms with Gasteiger partial charge in [-0.05, 0) is 23.1 Å². The lowest BCUT2D eigenvalue weighted by Crippen LogP contribution is -2.32. The lowest BCUT2D eigenvalue weighted by atomic mass is 10.00. The molecule has 80 valence electrons. The van der Waals surface area contributed by atoms with Crippen molar-refractivity contribution >= 4 is 11.6 Å². The van der Waals surface area contributed by atoms with Crippen LogP contribution in [0.1, 0.15) is 11.1 Å². The summed E-state index contributed by atoms with van der Waals surface area (Å²) in [5.74, 6) is 0.568. The fourth-order valence-electron chi connectivity index (χ4n) is 2.05. The summed E-state index contributed by atoms with van der Waals surface area (Å²) in [6, 6.07) is 8.67. The van der Waals surface area contributed by atoms with Gasteiger partial charge in [0.25, 0.3) is 0 Å². The molecule has 1 aromatic rings. The van der Waals surface area contributed by atoms with Crippen LogP contribution in [0.5, 0.6) is 0 Å². The van der Waals surface area contributed by atoms with Crippen LogP contribution in [0.25, 0.3) is 0 Å². The van der Waals surface area contributed by atoms with E-state index in [9.17, 15) is 0 Å². The minimum atomic E-state index is 0.568. The summed E-state index contributed by atoms with van der Waals surface area (Å²) in [5, 5.41) is 0. The van der Waals surface area contributed by atoms with Crippen LogP contribution in [0.15, 0.2) is 36.4 Å². The Morgan fingerprint density at radius 3 is 2.80 bits per heavy atom. The number of halogens is 1. The third-order valence-corrected chi connectivity index (χ3v) is 3.22. The highest BCUT2D eigenvalue weighted by Crippen LogP contribution is 2.18. The first-order valence-corrected chi connectivity index (χ1v) is 5.85. The van der Waals surface area contributed by atoms with Gasteiger partial charge >= 0.3 is 0 Å². The molecule has 1 aliphatic heterocycles. The van der Waals surface area contributed by atoms with Crippen LogP contribution in [0.2, 0.25) is 0 Å². The van der Waals surface area contributed by atoms with E-state index in [1.807, 2.05) is 0 Å². The van der Waals surface area contributed by atoms with Crippen molar-refractivity contribution in [3.63, 3.8) is 0 Å². The summed E-state index contributed by atoms with van der Waals surface area (Å²) in [7, 11) is 0. The number of benzene rings is 1. The maximum atomic E-state index is 5.75. The van der Waals surface area contributed by atoms with E-state index in [-0.39, 0.29) is 0 Å². The third-order valence-electron chi connectivity index (χ3n) is 2.85. The summed E-state index contributed by atoms with van der Waals surface area (Å²) < 4.78 is 0. The second-order valence-corrected chi connectivity index (χ2v) is 4.38. The molecule has 0 unspecified atom stereocenters. The molecule has 1 aliphatic rings. The molecule has 0 saturated heterocycles. The molecule has 0 N–H and O–H groups in total. The molecule has 0 fully saturated rings. The van der Waals surface area contributed by atoms with Crippen LogP contribution in [0.4, 0.5) is 0 Å². The molecule has 2 rings (SSSR count). The number of hydrogen-bond acceptors (Lipinski definition) is 1. The average molecular weight is 222 g/mol. The molecule has 2 heteroatoms. The number of alkyl halides is 1. The summed E-state index contributed by atoms with van der Waals surface area (Å²) in [5.41, 5.74) is 4.05. The fourth-order valence-corrected chi connectivity index (χ4v) is 2.13. The maximum Gasteiger partial charge on any atom is 0.0443 e. The van der Waals surface area contributed by atoms with Crippen LogP contribution >= 0.6 is 11.6 Å². The Morgan fingerprint density at radius 1 is 1.33 bits per heavy atom. The molecular weight excluding hydrogens is 206 g/mol. The summed E-state index contributed by atoms with van der Waals surface area (Å²) in [6.45, 7) is 7.03. The minimum absolute atomic E-state index is 0.568. The lowest BCUT2D eigenvalue weighted by molar-refractivity contribution is 0.276. The Kier molecular flexibility index (Phi) is 3.45. The molecule has 0 radical (unpaired) electrons. The predicted molar refractivity (Wildman–Crippen MR) is 65.3 cm³/mol. The predicted octanol–water partition coefficient (Wildman–Crippen LogP) is 2.84. The normalized spacial score (nSPS) is 16.1. The maximum absolute atomic E-state index is 5.75. The molecule has 1 aromatic carbocycles. The Morgan fingerprint density at radius 2 is 2.07 bits per heavy atom. The Labute approximate surface area is 96.4 Å². The van der Waals surface area contributed by atoms with Crippen LogP contribution in [-0.4, -0.2) is 23.9 Å². The third kappa shape index (κ3) is 2.61. The van der Waals surface area contributed by atoms with Crippen LogP contribution in [-0.2, 0) is 13.0 Å². The molecule has 0 bridgehead atoms. The van der Waals surface area contributed by atoms with Crippen molar-refractivity contribution in [2.75, 3.05) is 19.0 Å². The van der Waals surface area contributed by atoms with Crippen molar-refractivity contribution in [3.8, 4) is 0 Å². The molecule has 0 amide bonds. The molecule has 15 heavy (non-hydrogen) atoms. The van der Waals surface area contributed by atoms with Gasteiger partial charge in [-0.2, -0.15) is 0 Å². The van der Waals surface area contributed by atoms with Crippen LogP contribution in [0.3, 0.4) is 0 Å². The van der Waals surface area contributed by atoms with Crippen molar-refractivity contribution in [1.82, 2.24) is 4.90 Å². The van der Waals surface area contributed by atoms with Gasteiger partial charge in [-0.3, -0.25) is 4.90 Å². The number of nitrogens with zero attached hydrogens (tertiary/aromatic N) is 1. The SMILES string of the molecule is C=C(CCl)CN1CCc2ccccc2C1. The largest absolute Gasteiger partial charge is 0.295 e. The van der Waals surface area contributed by atoms with Crippen molar-refractivity contribution < 1.29 is 0 Å². The van der Waals surface area contributed by atoms with Gasteiger partial charge in [0.05, 0.1) is 0 Å². The van der Waals surface area contributed by atoms with Gasteiger partial charge in [0.2, 0.25) is 0 Å². The first-order chi connectivity index (χ1) is 7.29. The summed E-state index contributed by atoms with van der Waals surface area (Å²) in [6.07, 6.45) is 1.14. The van der Waals surface area contributed by atoms with Crippen LogP contribution in [0, 0.1) is 0 Å². The second kappa shape index (κ2) is 4.82. The molecule has 0 aliphatic carbocycles. The van der Waals surface area contributed by atoms with E-state index in [4.69, 9.17) is 11.6 Å². The van der Waals surface area contributed by atoms with Crippen molar-refractivity contribution in [3.05, 3.63) is 47.5 Å². The average Bonchev–Trinajstić information content (AvgIpc) is 2.29. The molecule has 0 saturated carbocycles. The van der Waals surface area contributed by atoms with E-state index in [0.717, 1.165) is 31.6 Å². The first kappa shape index (κ1) is 10.7. The highest BCUT2D eigenvalue weighted by molar-refractivity contribution is 6.19. The van der Waals surface area contributed by atoms with E-state index in [2.05, 4.69) is 35.7 Å².